The SMILES string of the molecule is COCCN1CCCC(n2nc(-c3ccc(Oc4ccccc4)cc3)c3c(N)ncnc32)C1. The molecular formula is C25H28N6O2. The number of aromatic nitrogens is 4. The third-order valence-electron chi connectivity index (χ3n) is 6.06. The van der Waals surface area contributed by atoms with Crippen molar-refractivity contribution in [1.29, 1.82) is 0 Å². The number of hydrogen-bond donors (Lipinski definition) is 1. The van der Waals surface area contributed by atoms with Crippen molar-refractivity contribution in [1.82, 2.24) is 24.6 Å². The van der Waals surface area contributed by atoms with Crippen molar-refractivity contribution < 1.29 is 9.47 Å². The molecule has 1 fully saturated rings. The van der Waals surface area contributed by atoms with Crippen LogP contribution in [0.25, 0.3) is 22.3 Å². The Kier molecular flexibility index (Phi) is 6.19. The molecule has 1 aliphatic rings. The predicted octanol–water partition coefficient (Wildman–Crippen LogP) is 4.15. The number of rotatable bonds is 7. The van der Waals surface area contributed by atoms with Crippen molar-refractivity contribution in [3.05, 3.63) is 60.9 Å². The summed E-state index contributed by atoms with van der Waals surface area (Å²) in [7, 11) is 1.74. The van der Waals surface area contributed by atoms with Crippen molar-refractivity contribution in [2.75, 3.05) is 39.1 Å². The Labute approximate surface area is 193 Å². The van der Waals surface area contributed by atoms with Crippen LogP contribution in [0.3, 0.4) is 0 Å². The molecule has 4 aromatic rings. The van der Waals surface area contributed by atoms with Gasteiger partial charge in [-0.3, -0.25) is 4.90 Å². The molecule has 0 radical (unpaired) electrons. The summed E-state index contributed by atoms with van der Waals surface area (Å²) in [6.45, 7) is 3.63. The summed E-state index contributed by atoms with van der Waals surface area (Å²) in [5.41, 5.74) is 8.83. The van der Waals surface area contributed by atoms with Gasteiger partial charge in [0.2, 0.25) is 0 Å². The van der Waals surface area contributed by atoms with Crippen LogP contribution in [-0.4, -0.2) is 58.0 Å². The van der Waals surface area contributed by atoms with E-state index in [1.165, 1.54) is 6.33 Å². The molecule has 170 valence electrons. The summed E-state index contributed by atoms with van der Waals surface area (Å²) in [6.07, 6.45) is 3.67. The lowest BCUT2D eigenvalue weighted by Gasteiger charge is -2.32. The first-order chi connectivity index (χ1) is 16.2. The van der Waals surface area contributed by atoms with E-state index >= 15 is 0 Å². The van der Waals surface area contributed by atoms with E-state index in [0.717, 1.165) is 72.9 Å². The molecule has 2 N–H and O–H groups in total. The molecule has 1 aliphatic heterocycles. The summed E-state index contributed by atoms with van der Waals surface area (Å²) in [5, 5.41) is 5.80. The van der Waals surface area contributed by atoms with Crippen molar-refractivity contribution in [3.63, 3.8) is 0 Å². The number of fused-ring (bicyclic) bond motifs is 1. The fourth-order valence-corrected chi connectivity index (χ4v) is 4.41. The number of hydrogen-bond acceptors (Lipinski definition) is 7. The fourth-order valence-electron chi connectivity index (χ4n) is 4.41. The lowest BCUT2D eigenvalue weighted by atomic mass is 10.1. The van der Waals surface area contributed by atoms with E-state index in [2.05, 4.69) is 14.9 Å². The van der Waals surface area contributed by atoms with Crippen LogP contribution >= 0.6 is 0 Å². The van der Waals surface area contributed by atoms with Crippen molar-refractivity contribution in [2.45, 2.75) is 18.9 Å². The van der Waals surface area contributed by atoms with E-state index in [-0.39, 0.29) is 6.04 Å². The zero-order chi connectivity index (χ0) is 22.6. The maximum atomic E-state index is 6.31. The number of nitrogen functional groups attached to an aromatic ring is 1. The van der Waals surface area contributed by atoms with E-state index in [0.29, 0.717) is 5.82 Å². The zero-order valence-electron chi connectivity index (χ0n) is 18.7. The number of nitrogens with two attached hydrogens (primary N) is 1. The number of piperidine rings is 1. The van der Waals surface area contributed by atoms with E-state index in [9.17, 15) is 0 Å². The minimum atomic E-state index is 0.224. The number of para-hydroxylation sites is 1. The van der Waals surface area contributed by atoms with Crippen LogP contribution in [0.4, 0.5) is 5.82 Å². The Balaban J connectivity index is 1.46. The molecular weight excluding hydrogens is 416 g/mol. The average molecular weight is 445 g/mol. The molecule has 5 rings (SSSR count). The van der Waals surface area contributed by atoms with Crippen LogP contribution in [0.2, 0.25) is 0 Å². The molecule has 1 unspecified atom stereocenters. The van der Waals surface area contributed by atoms with Gasteiger partial charge in [-0.15, -0.1) is 0 Å². The van der Waals surface area contributed by atoms with Crippen LogP contribution in [-0.2, 0) is 4.74 Å². The second kappa shape index (κ2) is 9.56. The Bertz CT molecular complexity index is 1210. The highest BCUT2D eigenvalue weighted by atomic mass is 16.5. The third-order valence-corrected chi connectivity index (χ3v) is 6.06. The van der Waals surface area contributed by atoms with Crippen LogP contribution in [0.15, 0.2) is 60.9 Å². The number of ether oxygens (including phenoxy) is 2. The van der Waals surface area contributed by atoms with Gasteiger partial charge in [0.1, 0.15) is 29.3 Å². The number of methoxy groups -OCH3 is 1. The summed E-state index contributed by atoms with van der Waals surface area (Å²) in [4.78, 5) is 11.2. The highest BCUT2D eigenvalue weighted by Gasteiger charge is 2.26. The van der Waals surface area contributed by atoms with Gasteiger partial charge in [0.05, 0.1) is 18.0 Å². The fraction of sp³-hybridized carbons (Fsp3) is 0.320. The quantitative estimate of drug-likeness (QED) is 0.458. The van der Waals surface area contributed by atoms with E-state index in [1.807, 2.05) is 59.3 Å². The second-order valence-electron chi connectivity index (χ2n) is 8.28. The molecule has 8 heteroatoms. The lowest BCUT2D eigenvalue weighted by Crippen LogP contribution is -2.38. The summed E-state index contributed by atoms with van der Waals surface area (Å²) >= 11 is 0. The molecule has 33 heavy (non-hydrogen) atoms. The number of likely N-dealkylation sites (tertiary alicyclic amines) is 1. The molecule has 1 atom stereocenters. The first-order valence-corrected chi connectivity index (χ1v) is 11.3. The largest absolute Gasteiger partial charge is 0.457 e. The number of anilines is 1. The van der Waals surface area contributed by atoms with Gasteiger partial charge in [0.25, 0.3) is 0 Å². The molecule has 0 spiro atoms. The monoisotopic (exact) mass is 444 g/mol. The van der Waals surface area contributed by atoms with Crippen molar-refractivity contribution in [3.8, 4) is 22.8 Å². The van der Waals surface area contributed by atoms with Gasteiger partial charge in [-0.25, -0.2) is 14.6 Å². The summed E-state index contributed by atoms with van der Waals surface area (Å²) in [6, 6.07) is 17.8. The van der Waals surface area contributed by atoms with Gasteiger partial charge in [-0.05, 0) is 55.8 Å². The van der Waals surface area contributed by atoms with Crippen molar-refractivity contribution >= 4 is 16.9 Å². The number of nitrogens with zero attached hydrogens (tertiary/aromatic N) is 5. The highest BCUT2D eigenvalue weighted by Crippen LogP contribution is 2.34. The molecule has 3 heterocycles. The maximum Gasteiger partial charge on any atom is 0.164 e. The van der Waals surface area contributed by atoms with Crippen LogP contribution in [0, 0.1) is 0 Å². The normalized spacial score (nSPS) is 16.8. The third kappa shape index (κ3) is 4.53. The maximum absolute atomic E-state index is 6.31. The minimum Gasteiger partial charge on any atom is -0.457 e. The first kappa shape index (κ1) is 21.4. The lowest BCUT2D eigenvalue weighted by molar-refractivity contribution is 0.114. The van der Waals surface area contributed by atoms with Gasteiger partial charge in [-0.2, -0.15) is 5.10 Å². The zero-order valence-corrected chi connectivity index (χ0v) is 18.7. The molecule has 0 bridgehead atoms. The minimum absolute atomic E-state index is 0.224. The Morgan fingerprint density at radius 1 is 1.03 bits per heavy atom. The standard InChI is InChI=1S/C25H28N6O2/c1-32-15-14-30-13-5-6-19(16-30)31-25-22(24(26)27-17-28-25)23(29-31)18-9-11-21(12-10-18)33-20-7-3-2-4-8-20/h2-4,7-12,17,19H,5-6,13-16H2,1H3,(H2,26,27,28). The molecule has 1 saturated heterocycles. The van der Waals surface area contributed by atoms with Gasteiger partial charge >= 0.3 is 0 Å². The summed E-state index contributed by atoms with van der Waals surface area (Å²) in [5.74, 6) is 2.00. The van der Waals surface area contributed by atoms with Gasteiger partial charge in [0, 0.05) is 25.8 Å². The molecule has 0 saturated carbocycles. The van der Waals surface area contributed by atoms with Crippen LogP contribution in [0.1, 0.15) is 18.9 Å². The topological polar surface area (TPSA) is 91.3 Å². The number of benzene rings is 2. The second-order valence-corrected chi connectivity index (χ2v) is 8.28. The van der Waals surface area contributed by atoms with Gasteiger partial charge in [-0.1, -0.05) is 18.2 Å². The summed E-state index contributed by atoms with van der Waals surface area (Å²) < 4.78 is 13.2. The van der Waals surface area contributed by atoms with Crippen LogP contribution in [0.5, 0.6) is 11.5 Å². The Morgan fingerprint density at radius 2 is 1.82 bits per heavy atom. The predicted molar refractivity (Wildman–Crippen MR) is 128 cm³/mol. The molecule has 0 amide bonds. The van der Waals surface area contributed by atoms with Crippen molar-refractivity contribution in [2.24, 2.45) is 0 Å². The highest BCUT2D eigenvalue weighted by molar-refractivity contribution is 5.98. The van der Waals surface area contributed by atoms with Gasteiger partial charge in [0.15, 0.2) is 5.65 Å². The van der Waals surface area contributed by atoms with E-state index in [4.69, 9.17) is 20.3 Å². The Hall–Kier alpha value is -3.49. The van der Waals surface area contributed by atoms with E-state index < -0.39 is 0 Å². The molecule has 0 aliphatic carbocycles. The molecule has 2 aromatic carbocycles. The molecule has 8 nitrogen and oxygen atoms in total. The first-order valence-electron chi connectivity index (χ1n) is 11.3. The van der Waals surface area contributed by atoms with Gasteiger partial charge < -0.3 is 15.2 Å². The molecule has 2 aromatic heterocycles. The smallest absolute Gasteiger partial charge is 0.164 e. The van der Waals surface area contributed by atoms with Crippen LogP contribution < -0.4 is 10.5 Å². The van der Waals surface area contributed by atoms with E-state index in [1.54, 1.807) is 7.11 Å². The Morgan fingerprint density at radius 3 is 2.61 bits per heavy atom. The average Bonchev–Trinajstić information content (AvgIpc) is 3.25.